The van der Waals surface area contributed by atoms with Gasteiger partial charge in [-0.3, -0.25) is 0 Å². The van der Waals surface area contributed by atoms with Gasteiger partial charge in [0.15, 0.2) is 11.5 Å². The topological polar surface area (TPSA) is 85.2 Å². The molecule has 7 heteroatoms. The van der Waals surface area contributed by atoms with Crippen molar-refractivity contribution < 1.29 is 0 Å². The summed E-state index contributed by atoms with van der Waals surface area (Å²) in [4.78, 5) is 2.30. The highest BCUT2D eigenvalue weighted by molar-refractivity contribution is 5.46. The fraction of sp³-hybridized carbons (Fsp3) is 0.600. The zero-order valence-corrected chi connectivity index (χ0v) is 9.53. The summed E-state index contributed by atoms with van der Waals surface area (Å²) >= 11 is 0. The van der Waals surface area contributed by atoms with Gasteiger partial charge in [0.05, 0.1) is 0 Å². The van der Waals surface area contributed by atoms with Crippen molar-refractivity contribution in [3.63, 3.8) is 0 Å². The molecule has 0 spiro atoms. The molecule has 90 valence electrons. The van der Waals surface area contributed by atoms with E-state index in [9.17, 15) is 0 Å². The van der Waals surface area contributed by atoms with Gasteiger partial charge in [-0.2, -0.15) is 0 Å². The lowest BCUT2D eigenvalue weighted by Crippen LogP contribution is -2.29. The summed E-state index contributed by atoms with van der Waals surface area (Å²) in [5.74, 6) is 0.931. The smallest absolute Gasteiger partial charge is 0.200 e. The van der Waals surface area contributed by atoms with Gasteiger partial charge in [0, 0.05) is 12.6 Å². The van der Waals surface area contributed by atoms with Gasteiger partial charge in [0.1, 0.15) is 0 Å². The number of anilines is 1. The molecule has 1 fully saturated rings. The molecule has 2 N–H and O–H groups in total. The molecule has 1 aliphatic rings. The Balaban J connectivity index is 1.87. The first-order valence-electron chi connectivity index (χ1n) is 5.90. The van der Waals surface area contributed by atoms with Crippen LogP contribution >= 0.6 is 0 Å². The van der Waals surface area contributed by atoms with E-state index in [2.05, 4.69) is 25.5 Å². The van der Waals surface area contributed by atoms with E-state index in [-0.39, 0.29) is 0 Å². The molecular weight excluding hydrogens is 218 g/mol. The van der Waals surface area contributed by atoms with Crippen LogP contribution in [0.4, 0.5) is 5.82 Å². The number of rotatable bonds is 5. The number of nitrogens with zero attached hydrogens (tertiary/aromatic N) is 6. The van der Waals surface area contributed by atoms with Crippen molar-refractivity contribution >= 4 is 11.5 Å². The molecule has 2 heterocycles. The van der Waals surface area contributed by atoms with Crippen LogP contribution in [0.3, 0.4) is 0 Å². The molecule has 3 rings (SSSR count). The van der Waals surface area contributed by atoms with E-state index in [0.717, 1.165) is 18.8 Å². The average Bonchev–Trinajstić information content (AvgIpc) is 3.07. The first kappa shape index (κ1) is 10.4. The summed E-state index contributed by atoms with van der Waals surface area (Å²) in [7, 11) is 0. The summed E-state index contributed by atoms with van der Waals surface area (Å²) in [6.45, 7) is 1.65. The molecule has 1 saturated carbocycles. The highest BCUT2D eigenvalue weighted by Crippen LogP contribution is 2.30. The Morgan fingerprint density at radius 2 is 2.29 bits per heavy atom. The molecule has 0 aromatic carbocycles. The average molecular weight is 233 g/mol. The predicted octanol–water partition coefficient (Wildman–Crippen LogP) is -0.163. The van der Waals surface area contributed by atoms with Gasteiger partial charge in [-0.1, -0.05) is 0 Å². The highest BCUT2D eigenvalue weighted by atomic mass is 15.6. The third-order valence-corrected chi connectivity index (χ3v) is 2.94. The van der Waals surface area contributed by atoms with Gasteiger partial charge < -0.3 is 10.6 Å². The molecule has 0 atom stereocenters. The van der Waals surface area contributed by atoms with Crippen molar-refractivity contribution in [1.29, 1.82) is 0 Å². The Morgan fingerprint density at radius 3 is 3.06 bits per heavy atom. The highest BCUT2D eigenvalue weighted by Gasteiger charge is 2.29. The van der Waals surface area contributed by atoms with Crippen LogP contribution in [0.5, 0.6) is 0 Å². The molecule has 1 aliphatic carbocycles. The van der Waals surface area contributed by atoms with Crippen LogP contribution in [0.15, 0.2) is 12.1 Å². The lowest BCUT2D eigenvalue weighted by atomic mass is 10.3. The van der Waals surface area contributed by atoms with Crippen LogP contribution in [0.2, 0.25) is 0 Å². The summed E-state index contributed by atoms with van der Waals surface area (Å²) in [6.07, 6.45) is 3.45. The van der Waals surface area contributed by atoms with Crippen molar-refractivity contribution in [2.24, 2.45) is 5.73 Å². The van der Waals surface area contributed by atoms with Crippen LogP contribution in [-0.4, -0.2) is 44.4 Å². The van der Waals surface area contributed by atoms with Gasteiger partial charge in [0.25, 0.3) is 0 Å². The van der Waals surface area contributed by atoms with Crippen LogP contribution in [0.25, 0.3) is 5.65 Å². The molecule has 2 aromatic rings. The Kier molecular flexibility index (Phi) is 2.60. The minimum atomic E-state index is 0.614. The largest absolute Gasteiger partial charge is 0.352 e. The van der Waals surface area contributed by atoms with E-state index in [1.54, 1.807) is 0 Å². The summed E-state index contributed by atoms with van der Waals surface area (Å²) < 4.78 is 1.47. The SMILES string of the molecule is NCCCN(c1ccc2nnnn2n1)C1CC1. The molecule has 0 saturated heterocycles. The van der Waals surface area contributed by atoms with E-state index in [4.69, 9.17) is 5.73 Å². The molecule has 7 nitrogen and oxygen atoms in total. The van der Waals surface area contributed by atoms with E-state index in [1.807, 2.05) is 12.1 Å². The Bertz CT molecular complexity index is 504. The van der Waals surface area contributed by atoms with Gasteiger partial charge in [-0.05, 0) is 48.4 Å². The summed E-state index contributed by atoms with van der Waals surface area (Å²) in [5, 5.41) is 15.7. The van der Waals surface area contributed by atoms with Gasteiger partial charge in [-0.25, -0.2) is 0 Å². The first-order chi connectivity index (χ1) is 8.38. The minimum Gasteiger partial charge on any atom is -0.352 e. The van der Waals surface area contributed by atoms with E-state index >= 15 is 0 Å². The Labute approximate surface area is 98.6 Å². The second-order valence-electron chi connectivity index (χ2n) is 4.28. The van der Waals surface area contributed by atoms with Gasteiger partial charge >= 0.3 is 0 Å². The third-order valence-electron chi connectivity index (χ3n) is 2.94. The Morgan fingerprint density at radius 1 is 1.41 bits per heavy atom. The lowest BCUT2D eigenvalue weighted by Gasteiger charge is -2.22. The lowest BCUT2D eigenvalue weighted by molar-refractivity contribution is 0.682. The first-order valence-corrected chi connectivity index (χ1v) is 5.90. The number of hydrogen-bond acceptors (Lipinski definition) is 6. The molecule has 0 amide bonds. The summed E-state index contributed by atoms with van der Waals surface area (Å²) in [5.41, 5.74) is 6.23. The summed E-state index contributed by atoms with van der Waals surface area (Å²) in [6, 6.07) is 4.48. The van der Waals surface area contributed by atoms with Crippen LogP contribution in [0, 0.1) is 0 Å². The minimum absolute atomic E-state index is 0.614. The van der Waals surface area contributed by atoms with Crippen molar-refractivity contribution in [2.75, 3.05) is 18.0 Å². The molecule has 0 radical (unpaired) electrons. The number of aromatic nitrogens is 5. The normalized spacial score (nSPS) is 15.4. The zero-order valence-electron chi connectivity index (χ0n) is 9.53. The quantitative estimate of drug-likeness (QED) is 0.772. The van der Waals surface area contributed by atoms with Crippen molar-refractivity contribution in [2.45, 2.75) is 25.3 Å². The maximum Gasteiger partial charge on any atom is 0.200 e. The van der Waals surface area contributed by atoms with Crippen molar-refractivity contribution in [1.82, 2.24) is 25.3 Å². The maximum atomic E-state index is 5.56. The standard InChI is InChI=1S/C10H15N7/c11-6-1-7-16(8-2-3-8)10-5-4-9-12-14-15-17(9)13-10/h4-5,8H,1-3,6-7,11H2. The fourth-order valence-electron chi connectivity index (χ4n) is 1.93. The van der Waals surface area contributed by atoms with Crippen LogP contribution in [-0.2, 0) is 0 Å². The fourth-order valence-corrected chi connectivity index (χ4v) is 1.93. The second-order valence-corrected chi connectivity index (χ2v) is 4.28. The van der Waals surface area contributed by atoms with Crippen LogP contribution in [0.1, 0.15) is 19.3 Å². The molecule has 0 unspecified atom stereocenters. The van der Waals surface area contributed by atoms with E-state index < -0.39 is 0 Å². The second kappa shape index (κ2) is 4.25. The van der Waals surface area contributed by atoms with Crippen molar-refractivity contribution in [3.05, 3.63) is 12.1 Å². The number of fused-ring (bicyclic) bond motifs is 1. The molecule has 2 aromatic heterocycles. The molecule has 17 heavy (non-hydrogen) atoms. The zero-order chi connectivity index (χ0) is 11.7. The molecular formula is C10H15N7. The van der Waals surface area contributed by atoms with Gasteiger partial charge in [-0.15, -0.1) is 14.8 Å². The monoisotopic (exact) mass is 233 g/mol. The molecule has 0 aliphatic heterocycles. The number of tetrazole rings is 1. The third kappa shape index (κ3) is 2.05. The van der Waals surface area contributed by atoms with Crippen LogP contribution < -0.4 is 10.6 Å². The number of hydrogen-bond donors (Lipinski definition) is 1. The number of nitrogens with two attached hydrogens (primary N) is 1. The maximum absolute atomic E-state index is 5.56. The Hall–Kier alpha value is -1.76. The predicted molar refractivity (Wildman–Crippen MR) is 62.6 cm³/mol. The van der Waals surface area contributed by atoms with E-state index in [1.165, 1.54) is 17.5 Å². The molecule has 0 bridgehead atoms. The van der Waals surface area contributed by atoms with Crippen molar-refractivity contribution in [3.8, 4) is 0 Å². The van der Waals surface area contributed by atoms with Gasteiger partial charge in [0.2, 0.25) is 0 Å². The van der Waals surface area contributed by atoms with E-state index in [0.29, 0.717) is 18.2 Å².